The van der Waals surface area contributed by atoms with E-state index in [0.717, 1.165) is 19.3 Å². The molecule has 2 N–H and O–H groups in total. The molecule has 0 unspecified atom stereocenters. The van der Waals surface area contributed by atoms with Gasteiger partial charge >= 0.3 is 0 Å². The predicted octanol–water partition coefficient (Wildman–Crippen LogP) is 1.83. The molecule has 5 heteroatoms. The first-order valence-electron chi connectivity index (χ1n) is 3.01. The van der Waals surface area contributed by atoms with Gasteiger partial charge in [0.1, 0.15) is 0 Å². The lowest BCUT2D eigenvalue weighted by Crippen LogP contribution is -1.74. The van der Waals surface area contributed by atoms with Gasteiger partial charge in [0.05, 0.1) is 6.67 Å². The van der Waals surface area contributed by atoms with Gasteiger partial charge < -0.3 is 0 Å². The van der Waals surface area contributed by atoms with Crippen molar-refractivity contribution < 1.29 is 17.7 Å². The Balaban J connectivity index is 0. The Morgan fingerprint density at radius 3 is 1.90 bits per heavy atom. The molecule has 0 saturated heterocycles. The molecular weight excluding hydrogens is 159 g/mol. The summed E-state index contributed by atoms with van der Waals surface area (Å²) in [5.74, 6) is 0. The van der Waals surface area contributed by atoms with E-state index in [-0.39, 0.29) is 6.67 Å². The van der Waals surface area contributed by atoms with Crippen molar-refractivity contribution in [3.05, 3.63) is 0 Å². The highest BCUT2D eigenvalue weighted by atomic mass is 32.2. The van der Waals surface area contributed by atoms with Crippen LogP contribution in [0.2, 0.25) is 0 Å². The van der Waals surface area contributed by atoms with E-state index in [1.165, 1.54) is 0 Å². The number of hydrogen-bond donors (Lipinski definition) is 2. The van der Waals surface area contributed by atoms with Crippen LogP contribution in [0.1, 0.15) is 26.2 Å². The molecule has 0 aromatic heterocycles. The highest BCUT2D eigenvalue weighted by molar-refractivity contribution is 7.73. The number of unbranched alkanes of at least 4 members (excludes halogenated alkanes) is 2. The van der Waals surface area contributed by atoms with Crippen LogP contribution in [0.5, 0.6) is 0 Å². The summed E-state index contributed by atoms with van der Waals surface area (Å²) in [5, 5.41) is 0. The zero-order chi connectivity index (χ0) is 8.41. The third-order valence-electron chi connectivity index (χ3n) is 0.737. The quantitative estimate of drug-likeness (QED) is 0.504. The molecule has 0 fully saturated rings. The third kappa shape index (κ3) is 43.6. The Kier molecular flexibility index (Phi) is 14.9. The van der Waals surface area contributed by atoms with Gasteiger partial charge in [-0.05, 0) is 6.42 Å². The molecule has 0 rings (SSSR count). The first kappa shape index (κ1) is 12.7. The number of halogens is 1. The summed E-state index contributed by atoms with van der Waals surface area (Å²) in [6.07, 6.45) is 2.90. The third-order valence-corrected chi connectivity index (χ3v) is 0.737. The molecule has 0 amide bonds. The van der Waals surface area contributed by atoms with Crippen molar-refractivity contribution in [1.82, 2.24) is 0 Å². The lowest BCUT2D eigenvalue weighted by Gasteiger charge is -1.84. The molecule has 3 nitrogen and oxygen atoms in total. The van der Waals surface area contributed by atoms with Crippen LogP contribution in [0.3, 0.4) is 0 Å². The molecule has 0 heterocycles. The minimum absolute atomic E-state index is 0.145. The van der Waals surface area contributed by atoms with Crippen molar-refractivity contribution >= 4 is 11.4 Å². The van der Waals surface area contributed by atoms with Gasteiger partial charge in [0.25, 0.3) is 11.4 Å². The maximum absolute atomic E-state index is 11.2. The van der Waals surface area contributed by atoms with Gasteiger partial charge in [-0.15, -0.1) is 0 Å². The second kappa shape index (κ2) is 11.8. The highest BCUT2D eigenvalue weighted by Gasteiger charge is 1.78. The second-order valence-corrected chi connectivity index (χ2v) is 2.09. The molecular formula is C5H13FO3S. The molecule has 0 aromatic rings. The van der Waals surface area contributed by atoms with E-state index in [1.54, 1.807) is 0 Å². The number of hydrogen-bond acceptors (Lipinski definition) is 1. The topological polar surface area (TPSA) is 57.5 Å². The Morgan fingerprint density at radius 1 is 1.40 bits per heavy atom. The van der Waals surface area contributed by atoms with E-state index in [4.69, 9.17) is 13.3 Å². The van der Waals surface area contributed by atoms with Crippen LogP contribution in [-0.2, 0) is 11.4 Å². The molecule has 0 radical (unpaired) electrons. The minimum atomic E-state index is -2.61. The molecule has 0 bridgehead atoms. The lowest BCUT2D eigenvalue weighted by molar-refractivity contribution is 0.454. The van der Waals surface area contributed by atoms with Gasteiger partial charge in [0.15, 0.2) is 0 Å². The van der Waals surface area contributed by atoms with Crippen LogP contribution in [0.15, 0.2) is 0 Å². The van der Waals surface area contributed by atoms with Crippen molar-refractivity contribution in [3.8, 4) is 0 Å². The van der Waals surface area contributed by atoms with Gasteiger partial charge in [-0.2, -0.15) is 4.21 Å². The monoisotopic (exact) mass is 172 g/mol. The summed E-state index contributed by atoms with van der Waals surface area (Å²) in [4.78, 5) is 0. The fraction of sp³-hybridized carbons (Fsp3) is 1.00. The summed E-state index contributed by atoms with van der Waals surface area (Å²) in [6, 6.07) is 0. The molecule has 0 spiro atoms. The van der Waals surface area contributed by atoms with E-state index < -0.39 is 11.4 Å². The number of rotatable bonds is 3. The van der Waals surface area contributed by atoms with E-state index in [2.05, 4.69) is 6.92 Å². The Bertz CT molecular complexity index is 71.3. The predicted molar refractivity (Wildman–Crippen MR) is 38.9 cm³/mol. The van der Waals surface area contributed by atoms with E-state index in [1.807, 2.05) is 0 Å². The van der Waals surface area contributed by atoms with Crippen molar-refractivity contribution in [3.63, 3.8) is 0 Å². The van der Waals surface area contributed by atoms with Crippen molar-refractivity contribution in [1.29, 1.82) is 0 Å². The Labute approximate surface area is 62.8 Å². The van der Waals surface area contributed by atoms with Crippen LogP contribution in [-0.4, -0.2) is 20.0 Å². The molecule has 64 valence electrons. The average molecular weight is 172 g/mol. The summed E-state index contributed by atoms with van der Waals surface area (Å²) in [7, 11) is 0. The first-order chi connectivity index (χ1) is 4.65. The minimum Gasteiger partial charge on any atom is -0.284 e. The smallest absolute Gasteiger partial charge is 0.284 e. The summed E-state index contributed by atoms with van der Waals surface area (Å²) in [5.41, 5.74) is 0. The van der Waals surface area contributed by atoms with Crippen molar-refractivity contribution in [2.45, 2.75) is 26.2 Å². The summed E-state index contributed by atoms with van der Waals surface area (Å²) in [6.45, 7) is 1.92. The molecule has 0 aliphatic carbocycles. The first-order valence-corrected chi connectivity index (χ1v) is 4.07. The fourth-order valence-electron chi connectivity index (χ4n) is 0.344. The maximum atomic E-state index is 11.2. The molecule has 0 aliphatic heterocycles. The largest absolute Gasteiger partial charge is 0.299 e. The number of alkyl halides is 1. The van der Waals surface area contributed by atoms with E-state index in [0.29, 0.717) is 0 Å². The normalized spacial score (nSPS) is 8.90. The molecule has 0 saturated carbocycles. The zero-order valence-corrected chi connectivity index (χ0v) is 6.73. The fourth-order valence-corrected chi connectivity index (χ4v) is 0.344. The van der Waals surface area contributed by atoms with Crippen LogP contribution in [0, 0.1) is 0 Å². The Morgan fingerprint density at radius 2 is 1.80 bits per heavy atom. The molecule has 10 heavy (non-hydrogen) atoms. The Hall–Kier alpha value is -0.0000000000000000416. The highest BCUT2D eigenvalue weighted by Crippen LogP contribution is 1.91. The lowest BCUT2D eigenvalue weighted by atomic mass is 10.3. The maximum Gasteiger partial charge on any atom is 0.299 e. The summed E-state index contributed by atoms with van der Waals surface area (Å²) < 4.78 is 34.0. The van der Waals surface area contributed by atoms with Gasteiger partial charge in [-0.3, -0.25) is 13.5 Å². The summed E-state index contributed by atoms with van der Waals surface area (Å²) >= 11 is -2.61. The van der Waals surface area contributed by atoms with E-state index >= 15 is 0 Å². The van der Waals surface area contributed by atoms with E-state index in [9.17, 15) is 4.39 Å². The second-order valence-electron chi connectivity index (χ2n) is 1.63. The SMILES string of the molecule is CCCCCF.O=S(O)O. The molecule has 0 atom stereocenters. The van der Waals surface area contributed by atoms with Crippen LogP contribution in [0.4, 0.5) is 4.39 Å². The van der Waals surface area contributed by atoms with Crippen molar-refractivity contribution in [2.75, 3.05) is 6.67 Å². The van der Waals surface area contributed by atoms with Gasteiger partial charge in [-0.1, -0.05) is 19.8 Å². The van der Waals surface area contributed by atoms with Crippen LogP contribution < -0.4 is 0 Å². The van der Waals surface area contributed by atoms with Gasteiger partial charge in [0, 0.05) is 0 Å². The van der Waals surface area contributed by atoms with Crippen LogP contribution in [0.25, 0.3) is 0 Å². The standard InChI is InChI=1S/C5H11F.H2O3S/c1-2-3-4-5-6;1-4(2)3/h2-5H2,1H3;(H2,1,2,3). The zero-order valence-electron chi connectivity index (χ0n) is 5.92. The average Bonchev–Trinajstić information content (AvgIpc) is 1.82. The van der Waals surface area contributed by atoms with Gasteiger partial charge in [0.2, 0.25) is 0 Å². The van der Waals surface area contributed by atoms with Crippen LogP contribution >= 0.6 is 0 Å². The van der Waals surface area contributed by atoms with Crippen molar-refractivity contribution in [2.24, 2.45) is 0 Å². The molecule has 0 aliphatic rings. The van der Waals surface area contributed by atoms with Gasteiger partial charge in [-0.25, -0.2) is 0 Å². The molecule has 0 aromatic carbocycles.